The molecular formula is C19H14F2N2O. The molecule has 24 heavy (non-hydrogen) atoms. The van der Waals surface area contributed by atoms with Crippen molar-refractivity contribution in [3.8, 4) is 17.1 Å². The molecule has 0 aliphatic carbocycles. The van der Waals surface area contributed by atoms with Gasteiger partial charge in [-0.1, -0.05) is 42.5 Å². The summed E-state index contributed by atoms with van der Waals surface area (Å²) in [6, 6.07) is 16.0. The van der Waals surface area contributed by atoms with Crippen LogP contribution in [0.2, 0.25) is 0 Å². The third-order valence-corrected chi connectivity index (χ3v) is 3.30. The van der Waals surface area contributed by atoms with Gasteiger partial charge in [0.05, 0.1) is 11.4 Å². The van der Waals surface area contributed by atoms with Gasteiger partial charge in [-0.25, -0.2) is 0 Å². The molecule has 0 unspecified atom stereocenters. The van der Waals surface area contributed by atoms with Gasteiger partial charge in [0.25, 0.3) is 0 Å². The van der Waals surface area contributed by atoms with Crippen molar-refractivity contribution >= 4 is 12.2 Å². The molecule has 1 aromatic carbocycles. The summed E-state index contributed by atoms with van der Waals surface area (Å²) in [5.74, 6) is 0.141. The molecule has 0 atom stereocenters. The van der Waals surface area contributed by atoms with E-state index in [9.17, 15) is 8.78 Å². The van der Waals surface area contributed by atoms with Crippen LogP contribution < -0.4 is 4.74 Å². The molecule has 0 amide bonds. The zero-order valence-electron chi connectivity index (χ0n) is 12.6. The predicted octanol–water partition coefficient (Wildman–Crippen LogP) is 4.92. The first-order valence-corrected chi connectivity index (χ1v) is 7.32. The van der Waals surface area contributed by atoms with Crippen LogP contribution in [0.25, 0.3) is 23.5 Å². The van der Waals surface area contributed by atoms with Crippen LogP contribution in [0, 0.1) is 0 Å². The van der Waals surface area contributed by atoms with Crippen LogP contribution in [0.15, 0.2) is 67.0 Å². The molecule has 0 radical (unpaired) electrons. The molecule has 0 saturated heterocycles. The van der Waals surface area contributed by atoms with Gasteiger partial charge >= 0.3 is 6.61 Å². The molecule has 3 rings (SSSR count). The minimum atomic E-state index is -2.85. The van der Waals surface area contributed by atoms with Crippen LogP contribution >= 0.6 is 0 Å². The normalized spacial score (nSPS) is 11.1. The number of rotatable bonds is 5. The second-order valence-corrected chi connectivity index (χ2v) is 4.94. The van der Waals surface area contributed by atoms with E-state index < -0.39 is 6.61 Å². The fraction of sp³-hybridized carbons (Fsp3) is 0.0526. The highest BCUT2D eigenvalue weighted by molar-refractivity contribution is 5.72. The number of pyridine rings is 2. The van der Waals surface area contributed by atoms with Crippen LogP contribution in [0.3, 0.4) is 0 Å². The van der Waals surface area contributed by atoms with E-state index in [2.05, 4.69) is 14.7 Å². The summed E-state index contributed by atoms with van der Waals surface area (Å²) < 4.78 is 29.3. The van der Waals surface area contributed by atoms with Crippen molar-refractivity contribution in [3.63, 3.8) is 0 Å². The van der Waals surface area contributed by atoms with E-state index in [1.165, 1.54) is 6.07 Å². The van der Waals surface area contributed by atoms with Gasteiger partial charge in [-0.2, -0.15) is 8.78 Å². The molecule has 3 aromatic rings. The summed E-state index contributed by atoms with van der Waals surface area (Å²) in [4.78, 5) is 8.61. The SMILES string of the molecule is FC(F)Oc1ccccc1/C=C/c1ccc(-c2ccccn2)nc1. The summed E-state index contributed by atoms with van der Waals surface area (Å²) in [7, 11) is 0. The molecule has 0 N–H and O–H groups in total. The number of aromatic nitrogens is 2. The monoisotopic (exact) mass is 324 g/mol. The van der Waals surface area contributed by atoms with Gasteiger partial charge in [0, 0.05) is 18.0 Å². The Bertz CT molecular complexity index is 818. The molecule has 0 aliphatic rings. The Balaban J connectivity index is 1.78. The highest BCUT2D eigenvalue weighted by atomic mass is 19.3. The Morgan fingerprint density at radius 1 is 0.833 bits per heavy atom. The third kappa shape index (κ3) is 4.01. The molecular weight excluding hydrogens is 310 g/mol. The zero-order valence-corrected chi connectivity index (χ0v) is 12.6. The van der Waals surface area contributed by atoms with Crippen molar-refractivity contribution in [1.82, 2.24) is 9.97 Å². The van der Waals surface area contributed by atoms with Gasteiger partial charge in [-0.05, 0) is 29.8 Å². The Hall–Kier alpha value is -3.08. The highest BCUT2D eigenvalue weighted by Gasteiger charge is 2.07. The number of nitrogens with zero attached hydrogens (tertiary/aromatic N) is 2. The number of ether oxygens (including phenoxy) is 1. The van der Waals surface area contributed by atoms with Crippen molar-refractivity contribution < 1.29 is 13.5 Å². The quantitative estimate of drug-likeness (QED) is 0.668. The number of para-hydroxylation sites is 1. The van der Waals surface area contributed by atoms with Crippen molar-refractivity contribution in [2.24, 2.45) is 0 Å². The van der Waals surface area contributed by atoms with Crippen LogP contribution in [0.1, 0.15) is 11.1 Å². The second-order valence-electron chi connectivity index (χ2n) is 4.94. The molecule has 2 aromatic heterocycles. The lowest BCUT2D eigenvalue weighted by molar-refractivity contribution is -0.0499. The lowest BCUT2D eigenvalue weighted by Crippen LogP contribution is -2.02. The number of hydrogen-bond donors (Lipinski definition) is 0. The Labute approximate surface area is 138 Å². The first-order valence-electron chi connectivity index (χ1n) is 7.32. The first kappa shape index (κ1) is 15.8. The molecule has 0 spiro atoms. The van der Waals surface area contributed by atoms with Gasteiger partial charge in [0.2, 0.25) is 0 Å². The van der Waals surface area contributed by atoms with Crippen LogP contribution in [0.5, 0.6) is 5.75 Å². The van der Waals surface area contributed by atoms with Crippen molar-refractivity contribution in [2.75, 3.05) is 0 Å². The molecule has 3 nitrogen and oxygen atoms in total. The van der Waals surface area contributed by atoms with E-state index in [1.54, 1.807) is 42.7 Å². The molecule has 0 bridgehead atoms. The third-order valence-electron chi connectivity index (χ3n) is 3.30. The van der Waals surface area contributed by atoms with E-state index in [0.717, 1.165) is 17.0 Å². The van der Waals surface area contributed by atoms with Gasteiger partial charge in [-0.3, -0.25) is 9.97 Å². The van der Waals surface area contributed by atoms with E-state index in [-0.39, 0.29) is 5.75 Å². The molecule has 0 aliphatic heterocycles. The predicted molar refractivity (Wildman–Crippen MR) is 89.5 cm³/mol. The fourth-order valence-corrected chi connectivity index (χ4v) is 2.18. The Morgan fingerprint density at radius 2 is 1.62 bits per heavy atom. The Kier molecular flexibility index (Phi) is 4.91. The summed E-state index contributed by atoms with van der Waals surface area (Å²) in [6.45, 7) is -2.85. The maximum atomic E-state index is 12.4. The summed E-state index contributed by atoms with van der Waals surface area (Å²) in [5.41, 5.74) is 2.99. The van der Waals surface area contributed by atoms with Crippen molar-refractivity contribution in [1.29, 1.82) is 0 Å². The standard InChI is InChI=1S/C19H14F2N2O/c20-19(21)24-18-7-2-1-5-15(18)10-8-14-9-11-17(23-13-14)16-6-3-4-12-22-16/h1-13,19H/b10-8+. The number of benzene rings is 1. The maximum Gasteiger partial charge on any atom is 0.387 e. The lowest BCUT2D eigenvalue weighted by Gasteiger charge is -2.07. The van der Waals surface area contributed by atoms with Gasteiger partial charge in [0.15, 0.2) is 0 Å². The lowest BCUT2D eigenvalue weighted by atomic mass is 10.1. The van der Waals surface area contributed by atoms with E-state index >= 15 is 0 Å². The minimum Gasteiger partial charge on any atom is -0.434 e. The molecule has 5 heteroatoms. The smallest absolute Gasteiger partial charge is 0.387 e. The Morgan fingerprint density at radius 3 is 2.33 bits per heavy atom. The summed E-state index contributed by atoms with van der Waals surface area (Å²) in [5, 5.41) is 0. The van der Waals surface area contributed by atoms with E-state index in [1.807, 2.05) is 30.3 Å². The number of hydrogen-bond acceptors (Lipinski definition) is 3. The van der Waals surface area contributed by atoms with E-state index in [0.29, 0.717) is 5.56 Å². The average Bonchev–Trinajstić information content (AvgIpc) is 2.62. The van der Waals surface area contributed by atoms with Gasteiger partial charge in [-0.15, -0.1) is 0 Å². The first-order chi connectivity index (χ1) is 11.7. The maximum absolute atomic E-state index is 12.4. The molecule has 2 heterocycles. The highest BCUT2D eigenvalue weighted by Crippen LogP contribution is 2.22. The summed E-state index contributed by atoms with van der Waals surface area (Å²) >= 11 is 0. The zero-order chi connectivity index (χ0) is 16.8. The minimum absolute atomic E-state index is 0.141. The van der Waals surface area contributed by atoms with Gasteiger partial charge in [0.1, 0.15) is 5.75 Å². The number of alkyl halides is 2. The summed E-state index contributed by atoms with van der Waals surface area (Å²) in [6.07, 6.45) is 6.93. The average molecular weight is 324 g/mol. The fourth-order valence-electron chi connectivity index (χ4n) is 2.18. The number of halogens is 2. The second kappa shape index (κ2) is 7.46. The molecule has 120 valence electrons. The topological polar surface area (TPSA) is 35.0 Å². The van der Waals surface area contributed by atoms with Crippen molar-refractivity contribution in [3.05, 3.63) is 78.1 Å². The largest absolute Gasteiger partial charge is 0.434 e. The van der Waals surface area contributed by atoms with Crippen molar-refractivity contribution in [2.45, 2.75) is 6.61 Å². The molecule has 0 saturated carbocycles. The van der Waals surface area contributed by atoms with Gasteiger partial charge < -0.3 is 4.74 Å². The van der Waals surface area contributed by atoms with Crippen LogP contribution in [-0.4, -0.2) is 16.6 Å². The molecule has 0 fully saturated rings. The van der Waals surface area contributed by atoms with Crippen LogP contribution in [-0.2, 0) is 0 Å². The van der Waals surface area contributed by atoms with Crippen LogP contribution in [0.4, 0.5) is 8.78 Å². The van der Waals surface area contributed by atoms with E-state index in [4.69, 9.17) is 0 Å².